The molecule has 186 valence electrons. The van der Waals surface area contributed by atoms with Crippen molar-refractivity contribution in [2.75, 3.05) is 30.8 Å². The van der Waals surface area contributed by atoms with E-state index >= 15 is 0 Å². The van der Waals surface area contributed by atoms with Crippen molar-refractivity contribution in [2.45, 2.75) is 19.1 Å². The highest BCUT2D eigenvalue weighted by atomic mass is 32.2. The lowest BCUT2D eigenvalue weighted by atomic mass is 10.0. The van der Waals surface area contributed by atoms with E-state index in [-0.39, 0.29) is 35.7 Å². The Morgan fingerprint density at radius 3 is 2.54 bits per heavy atom. The van der Waals surface area contributed by atoms with Gasteiger partial charge in [-0.1, -0.05) is 0 Å². The van der Waals surface area contributed by atoms with Crippen molar-refractivity contribution in [3.8, 4) is 11.3 Å². The van der Waals surface area contributed by atoms with E-state index in [2.05, 4.69) is 10.1 Å². The zero-order valence-electron chi connectivity index (χ0n) is 19.1. The van der Waals surface area contributed by atoms with Gasteiger partial charge in [-0.05, 0) is 37.3 Å². The third-order valence-electron chi connectivity index (χ3n) is 5.66. The van der Waals surface area contributed by atoms with Crippen LogP contribution in [-0.2, 0) is 19.5 Å². The molecule has 1 aromatic heterocycles. The Kier molecular flexibility index (Phi) is 6.43. The van der Waals surface area contributed by atoms with Crippen LogP contribution in [0.2, 0.25) is 0 Å². The molecule has 35 heavy (non-hydrogen) atoms. The average Bonchev–Trinajstić information content (AvgIpc) is 3.10. The summed E-state index contributed by atoms with van der Waals surface area (Å²) in [6.07, 6.45) is -2.03. The molecule has 0 unspecified atom stereocenters. The Morgan fingerprint density at radius 1 is 1.26 bits per heavy atom. The number of hydrogen-bond donors (Lipinski definition) is 2. The van der Waals surface area contributed by atoms with E-state index in [0.29, 0.717) is 16.5 Å². The Hall–Kier alpha value is -3.64. The molecule has 4 rings (SSSR count). The topological polar surface area (TPSA) is 135 Å². The molecule has 2 atom stereocenters. The molecular weight excluding hydrogens is 483 g/mol. The summed E-state index contributed by atoms with van der Waals surface area (Å²) >= 11 is 0. The van der Waals surface area contributed by atoms with E-state index in [1.807, 2.05) is 0 Å². The largest absolute Gasteiger partial charge is 0.505 e. The zero-order valence-corrected chi connectivity index (χ0v) is 19.9. The maximum absolute atomic E-state index is 13.5. The monoisotopic (exact) mass is 506 g/mol. The number of nitrogens with one attached hydrogen (secondary N) is 1. The van der Waals surface area contributed by atoms with Crippen LogP contribution in [0.25, 0.3) is 22.3 Å². The van der Waals surface area contributed by atoms with Crippen LogP contribution >= 0.6 is 0 Å². The lowest BCUT2D eigenvalue weighted by Gasteiger charge is -2.24. The molecule has 0 spiro atoms. The average molecular weight is 507 g/mol. The van der Waals surface area contributed by atoms with E-state index in [1.54, 1.807) is 13.0 Å². The van der Waals surface area contributed by atoms with Gasteiger partial charge in [0.15, 0.2) is 0 Å². The van der Waals surface area contributed by atoms with Crippen LogP contribution in [0.5, 0.6) is 0 Å². The van der Waals surface area contributed by atoms with Gasteiger partial charge < -0.3 is 24.3 Å². The van der Waals surface area contributed by atoms with Crippen molar-refractivity contribution in [2.24, 2.45) is 0 Å². The normalized spacial score (nSPS) is 18.1. The number of nitrogens with zero attached hydrogens (tertiary/aromatic N) is 1. The third-order valence-corrected chi connectivity index (χ3v) is 6.81. The Bertz CT molecular complexity index is 1400. The first-order valence-corrected chi connectivity index (χ1v) is 12.4. The summed E-state index contributed by atoms with van der Waals surface area (Å²) < 4.78 is 56.5. The minimum atomic E-state index is -3.82. The molecule has 10 nitrogen and oxygen atoms in total. The third kappa shape index (κ3) is 4.80. The number of amides is 1. The second kappa shape index (κ2) is 9.19. The number of furan rings is 1. The van der Waals surface area contributed by atoms with Crippen molar-refractivity contribution in [3.63, 3.8) is 0 Å². The van der Waals surface area contributed by atoms with Crippen LogP contribution in [0, 0.1) is 5.82 Å². The number of halogens is 1. The molecule has 0 saturated carbocycles. The number of hydrogen-bond acceptors (Lipinski definition) is 7. The summed E-state index contributed by atoms with van der Waals surface area (Å²) in [4.78, 5) is 23.7. The second-order valence-electron chi connectivity index (χ2n) is 8.07. The van der Waals surface area contributed by atoms with Crippen molar-refractivity contribution < 1.29 is 41.4 Å². The van der Waals surface area contributed by atoms with Gasteiger partial charge in [-0.25, -0.2) is 17.6 Å². The van der Waals surface area contributed by atoms with Gasteiger partial charge in [0.1, 0.15) is 29.9 Å². The molecule has 0 bridgehead atoms. The van der Waals surface area contributed by atoms with Crippen LogP contribution in [0.4, 0.5) is 14.9 Å². The number of fused-ring (bicyclic) bond motifs is 2. The van der Waals surface area contributed by atoms with Crippen molar-refractivity contribution in [3.05, 3.63) is 53.3 Å². The van der Waals surface area contributed by atoms with Crippen LogP contribution < -0.4 is 9.62 Å². The summed E-state index contributed by atoms with van der Waals surface area (Å²) in [6, 6.07) is 8.57. The molecule has 0 fully saturated rings. The Labute approximate surface area is 200 Å². The van der Waals surface area contributed by atoms with Gasteiger partial charge in [0.05, 0.1) is 30.2 Å². The first-order valence-electron chi connectivity index (χ1n) is 10.6. The highest BCUT2D eigenvalue weighted by Crippen LogP contribution is 2.42. The van der Waals surface area contributed by atoms with Crippen LogP contribution in [-0.4, -0.2) is 58.1 Å². The predicted molar refractivity (Wildman–Crippen MR) is 124 cm³/mol. The van der Waals surface area contributed by atoms with Crippen molar-refractivity contribution >= 4 is 38.7 Å². The fourth-order valence-electron chi connectivity index (χ4n) is 4.10. The molecule has 1 aliphatic rings. The first kappa shape index (κ1) is 24.5. The number of anilines is 1. The zero-order chi connectivity index (χ0) is 25.5. The number of carbonyl (C=O) groups excluding carboxylic acids is 1. The highest BCUT2D eigenvalue weighted by Gasteiger charge is 2.34. The second-order valence-corrected chi connectivity index (χ2v) is 9.98. The molecule has 0 aliphatic carbocycles. The lowest BCUT2D eigenvalue weighted by Crippen LogP contribution is -2.39. The fraction of sp³-hybridized carbons (Fsp3) is 0.304. The summed E-state index contributed by atoms with van der Waals surface area (Å²) in [6.45, 7) is 1.13. The van der Waals surface area contributed by atoms with Gasteiger partial charge in [-0.15, -0.1) is 0 Å². The molecule has 2 N–H and O–H groups in total. The van der Waals surface area contributed by atoms with E-state index in [4.69, 9.17) is 14.3 Å². The number of rotatable bonds is 5. The van der Waals surface area contributed by atoms with Crippen molar-refractivity contribution in [1.29, 1.82) is 0 Å². The smallest absolute Gasteiger partial charge is 0.455 e. The van der Waals surface area contributed by atoms with E-state index in [0.717, 1.165) is 10.6 Å². The number of ether oxygens (including phenoxy) is 2. The van der Waals surface area contributed by atoms with Gasteiger partial charge >= 0.3 is 6.16 Å². The summed E-state index contributed by atoms with van der Waals surface area (Å²) in [7, 11) is -2.36. The Morgan fingerprint density at radius 2 is 1.94 bits per heavy atom. The number of sulfonamides is 1. The number of carboxylic acid groups (broad SMARTS) is 1. The molecule has 1 aliphatic heterocycles. The maximum Gasteiger partial charge on any atom is 0.505 e. The molecule has 0 radical (unpaired) electrons. The standard InChI is InChI=1S/C23H23FN2O8S/c1-12-16-8-17-19(34-21(20(17)22(27)25-2)13-4-6-14(24)7-5-13)9-18(16)26(35(3,30)31)10-15(33-12)11-32-23(28)29/h4-9,12,15H,10-11H2,1-3H3,(H,25,27)(H,28,29)/t12-,15-/m0/s1. The lowest BCUT2D eigenvalue weighted by molar-refractivity contribution is -0.0347. The molecule has 1 amide bonds. The van der Waals surface area contributed by atoms with Crippen LogP contribution in [0.15, 0.2) is 40.8 Å². The minimum Gasteiger partial charge on any atom is -0.455 e. The summed E-state index contributed by atoms with van der Waals surface area (Å²) in [5.41, 5.74) is 1.63. The first-order chi connectivity index (χ1) is 16.5. The quantitative estimate of drug-likeness (QED) is 0.502. The van der Waals surface area contributed by atoms with Crippen LogP contribution in [0.3, 0.4) is 0 Å². The summed E-state index contributed by atoms with van der Waals surface area (Å²) in [5.74, 6) is -0.695. The molecular formula is C23H23FN2O8S. The highest BCUT2D eigenvalue weighted by molar-refractivity contribution is 7.92. The van der Waals surface area contributed by atoms with E-state index < -0.39 is 40.1 Å². The van der Waals surface area contributed by atoms with Gasteiger partial charge in [-0.3, -0.25) is 9.10 Å². The predicted octanol–water partition coefficient (Wildman–Crippen LogP) is 3.52. The number of benzene rings is 2. The van der Waals surface area contributed by atoms with Crippen LogP contribution in [0.1, 0.15) is 28.9 Å². The van der Waals surface area contributed by atoms with Gasteiger partial charge in [-0.2, -0.15) is 0 Å². The van der Waals surface area contributed by atoms with Crippen molar-refractivity contribution in [1.82, 2.24) is 5.32 Å². The molecule has 2 heterocycles. The fourth-order valence-corrected chi connectivity index (χ4v) is 5.06. The van der Waals surface area contributed by atoms with Gasteiger partial charge in [0, 0.05) is 29.6 Å². The van der Waals surface area contributed by atoms with Gasteiger partial charge in [0.2, 0.25) is 10.0 Å². The molecule has 0 saturated heterocycles. The van der Waals surface area contributed by atoms with Gasteiger partial charge in [0.25, 0.3) is 5.91 Å². The minimum absolute atomic E-state index is 0.192. The Balaban J connectivity index is 1.92. The van der Waals surface area contributed by atoms with E-state index in [9.17, 15) is 22.4 Å². The van der Waals surface area contributed by atoms with E-state index in [1.165, 1.54) is 37.4 Å². The summed E-state index contributed by atoms with van der Waals surface area (Å²) in [5, 5.41) is 11.8. The molecule has 2 aromatic carbocycles. The molecule has 12 heteroatoms. The maximum atomic E-state index is 13.5. The SMILES string of the molecule is CNC(=O)c1c(-c2ccc(F)cc2)oc2cc3c(cc12)[C@H](C)O[C@H](COC(=O)O)CN3S(C)(=O)=O. The number of carbonyl (C=O) groups is 2. The molecule has 3 aromatic rings.